The van der Waals surface area contributed by atoms with Gasteiger partial charge in [-0.2, -0.15) is 0 Å². The van der Waals surface area contributed by atoms with E-state index in [4.69, 9.17) is 9.73 Å². The highest BCUT2D eigenvalue weighted by Crippen LogP contribution is 2.20. The lowest BCUT2D eigenvalue weighted by Gasteiger charge is -2.22. The molecule has 0 radical (unpaired) electrons. The molecule has 0 aromatic carbocycles. The molecule has 2 aliphatic rings. The van der Waals surface area contributed by atoms with Crippen LogP contribution in [0.15, 0.2) is 4.99 Å². The van der Waals surface area contributed by atoms with Crippen molar-refractivity contribution in [2.75, 3.05) is 45.9 Å². The van der Waals surface area contributed by atoms with Crippen LogP contribution in [-0.4, -0.2) is 62.8 Å². The van der Waals surface area contributed by atoms with E-state index in [1.165, 1.54) is 58.2 Å². The highest BCUT2D eigenvalue weighted by Gasteiger charge is 2.20. The number of nitrogens with zero attached hydrogens (tertiary/aromatic N) is 2. The third-order valence-electron chi connectivity index (χ3n) is 5.19. The second kappa shape index (κ2) is 14.0. The lowest BCUT2D eigenvalue weighted by Crippen LogP contribution is -2.38. The van der Waals surface area contributed by atoms with E-state index in [1.54, 1.807) is 0 Å². The molecule has 1 saturated carbocycles. The van der Waals surface area contributed by atoms with Gasteiger partial charge in [0.25, 0.3) is 0 Å². The van der Waals surface area contributed by atoms with Gasteiger partial charge < -0.3 is 20.3 Å². The Morgan fingerprint density at radius 3 is 2.60 bits per heavy atom. The first kappa shape index (κ1) is 23.0. The van der Waals surface area contributed by atoms with E-state index in [2.05, 4.69) is 29.4 Å². The minimum absolute atomic E-state index is 0. The molecular weight excluding hydrogens is 427 g/mol. The number of ether oxygens (including phenoxy) is 1. The third-order valence-corrected chi connectivity index (χ3v) is 5.19. The van der Waals surface area contributed by atoms with Crippen LogP contribution in [0, 0.1) is 5.92 Å². The number of aliphatic imine (C=N–C) groups is 1. The fourth-order valence-electron chi connectivity index (χ4n) is 3.67. The first-order chi connectivity index (χ1) is 11.8. The van der Waals surface area contributed by atoms with Crippen molar-refractivity contribution < 1.29 is 4.74 Å². The Bertz CT molecular complexity index is 361. The molecule has 2 rings (SSSR count). The van der Waals surface area contributed by atoms with E-state index < -0.39 is 0 Å². The average Bonchev–Trinajstić information content (AvgIpc) is 3.08. The topological polar surface area (TPSA) is 48.9 Å². The molecule has 0 spiro atoms. The Hall–Kier alpha value is -0.0800. The fraction of sp³-hybridized carbons (Fsp3) is 0.947. The number of hydrogen-bond acceptors (Lipinski definition) is 3. The number of halogens is 1. The normalized spacial score (nSPS) is 22.6. The number of likely N-dealkylation sites (tertiary alicyclic amines) is 1. The van der Waals surface area contributed by atoms with Crippen molar-refractivity contribution >= 4 is 29.9 Å². The van der Waals surface area contributed by atoms with E-state index in [1.807, 2.05) is 0 Å². The van der Waals surface area contributed by atoms with Crippen LogP contribution in [0.25, 0.3) is 0 Å². The lowest BCUT2D eigenvalue weighted by atomic mass is 9.98. The standard InChI is InChI=1S/C19H38N4O.HI/c1-3-20-19(22-15-17-11-13-23(4-2)16-17)21-12-8-14-24-18-9-6-5-7-10-18;/h17-18H,3-16H2,1-2H3,(H2,20,21,22);1H. The Labute approximate surface area is 171 Å². The quantitative estimate of drug-likeness (QED) is 0.237. The second-order valence-corrected chi connectivity index (χ2v) is 7.18. The molecule has 0 bridgehead atoms. The third kappa shape index (κ3) is 9.43. The van der Waals surface area contributed by atoms with Crippen molar-refractivity contribution in [2.45, 2.75) is 64.9 Å². The van der Waals surface area contributed by atoms with Gasteiger partial charge in [-0.1, -0.05) is 26.2 Å². The van der Waals surface area contributed by atoms with Gasteiger partial charge in [-0.3, -0.25) is 4.99 Å². The van der Waals surface area contributed by atoms with E-state index >= 15 is 0 Å². The number of rotatable bonds is 9. The molecule has 1 aliphatic heterocycles. The van der Waals surface area contributed by atoms with Crippen LogP contribution in [0.3, 0.4) is 0 Å². The maximum absolute atomic E-state index is 5.98. The zero-order valence-electron chi connectivity index (χ0n) is 16.3. The highest BCUT2D eigenvalue weighted by atomic mass is 127. The zero-order chi connectivity index (χ0) is 17.0. The lowest BCUT2D eigenvalue weighted by molar-refractivity contribution is 0.0277. The molecule has 0 amide bonds. The number of nitrogens with one attached hydrogen (secondary N) is 2. The van der Waals surface area contributed by atoms with E-state index in [0.29, 0.717) is 6.10 Å². The second-order valence-electron chi connectivity index (χ2n) is 7.18. The van der Waals surface area contributed by atoms with Gasteiger partial charge in [0.2, 0.25) is 0 Å². The zero-order valence-corrected chi connectivity index (χ0v) is 18.6. The van der Waals surface area contributed by atoms with Crippen molar-refractivity contribution in [3.8, 4) is 0 Å². The van der Waals surface area contributed by atoms with Crippen molar-refractivity contribution in [3.05, 3.63) is 0 Å². The Balaban J connectivity index is 0.00000312. The molecule has 2 fully saturated rings. The molecule has 25 heavy (non-hydrogen) atoms. The van der Waals surface area contributed by atoms with Crippen LogP contribution in [0.2, 0.25) is 0 Å². The first-order valence-corrected chi connectivity index (χ1v) is 10.2. The summed E-state index contributed by atoms with van der Waals surface area (Å²) in [5, 5.41) is 6.81. The molecule has 148 valence electrons. The van der Waals surface area contributed by atoms with Gasteiger partial charge in [0.1, 0.15) is 0 Å². The van der Waals surface area contributed by atoms with Crippen molar-refractivity contribution in [3.63, 3.8) is 0 Å². The molecule has 1 atom stereocenters. The summed E-state index contributed by atoms with van der Waals surface area (Å²) in [6.07, 6.45) is 9.44. The van der Waals surface area contributed by atoms with Crippen LogP contribution in [0.4, 0.5) is 0 Å². The first-order valence-electron chi connectivity index (χ1n) is 10.2. The smallest absolute Gasteiger partial charge is 0.191 e. The molecule has 0 aromatic heterocycles. The molecule has 1 heterocycles. The molecular formula is C19H39IN4O. The highest BCUT2D eigenvalue weighted by molar-refractivity contribution is 14.0. The summed E-state index contributed by atoms with van der Waals surface area (Å²) in [4.78, 5) is 7.30. The SMILES string of the molecule is CCNC(=NCC1CCN(CC)C1)NCCCOC1CCCCC1.I. The maximum atomic E-state index is 5.98. The summed E-state index contributed by atoms with van der Waals surface area (Å²) in [7, 11) is 0. The van der Waals surface area contributed by atoms with Gasteiger partial charge in [0, 0.05) is 32.8 Å². The fourth-order valence-corrected chi connectivity index (χ4v) is 3.67. The molecule has 5 nitrogen and oxygen atoms in total. The van der Waals surface area contributed by atoms with Crippen molar-refractivity contribution in [1.29, 1.82) is 0 Å². The molecule has 2 N–H and O–H groups in total. The van der Waals surface area contributed by atoms with Gasteiger partial charge >= 0.3 is 0 Å². The van der Waals surface area contributed by atoms with Gasteiger partial charge in [0.05, 0.1) is 6.10 Å². The van der Waals surface area contributed by atoms with Crippen LogP contribution < -0.4 is 10.6 Å². The Morgan fingerprint density at radius 2 is 1.92 bits per heavy atom. The predicted molar refractivity (Wildman–Crippen MR) is 117 cm³/mol. The van der Waals surface area contributed by atoms with Crippen molar-refractivity contribution in [1.82, 2.24) is 15.5 Å². The van der Waals surface area contributed by atoms with E-state index in [-0.39, 0.29) is 24.0 Å². The molecule has 1 saturated heterocycles. The summed E-state index contributed by atoms with van der Waals surface area (Å²) in [6, 6.07) is 0. The minimum Gasteiger partial charge on any atom is -0.378 e. The van der Waals surface area contributed by atoms with Crippen molar-refractivity contribution in [2.24, 2.45) is 10.9 Å². The van der Waals surface area contributed by atoms with Crippen LogP contribution in [0.5, 0.6) is 0 Å². The van der Waals surface area contributed by atoms with Gasteiger partial charge in [-0.05, 0) is 51.6 Å². The molecule has 1 unspecified atom stereocenters. The van der Waals surface area contributed by atoms with Gasteiger partial charge in [-0.25, -0.2) is 0 Å². The van der Waals surface area contributed by atoms with Crippen LogP contribution in [-0.2, 0) is 4.74 Å². The monoisotopic (exact) mass is 466 g/mol. The maximum Gasteiger partial charge on any atom is 0.191 e. The predicted octanol–water partition coefficient (Wildman–Crippen LogP) is 3.24. The summed E-state index contributed by atoms with van der Waals surface area (Å²) in [6.45, 7) is 11.6. The van der Waals surface area contributed by atoms with Crippen LogP contribution in [0.1, 0.15) is 58.8 Å². The van der Waals surface area contributed by atoms with Gasteiger partial charge in [-0.15, -0.1) is 24.0 Å². The summed E-state index contributed by atoms with van der Waals surface area (Å²) < 4.78 is 5.98. The summed E-state index contributed by atoms with van der Waals surface area (Å²) >= 11 is 0. The summed E-state index contributed by atoms with van der Waals surface area (Å²) in [5.74, 6) is 1.68. The minimum atomic E-state index is 0. The van der Waals surface area contributed by atoms with E-state index in [9.17, 15) is 0 Å². The molecule has 1 aliphatic carbocycles. The number of guanidine groups is 1. The number of hydrogen-bond donors (Lipinski definition) is 2. The largest absolute Gasteiger partial charge is 0.378 e. The molecule has 6 heteroatoms. The van der Waals surface area contributed by atoms with E-state index in [0.717, 1.165) is 44.5 Å². The Kier molecular flexibility index (Phi) is 12.9. The molecule has 0 aromatic rings. The van der Waals surface area contributed by atoms with Crippen LogP contribution >= 0.6 is 24.0 Å². The van der Waals surface area contributed by atoms with Gasteiger partial charge in [0.15, 0.2) is 5.96 Å². The summed E-state index contributed by atoms with van der Waals surface area (Å²) in [5.41, 5.74) is 0. The average molecular weight is 466 g/mol. The Morgan fingerprint density at radius 1 is 1.12 bits per heavy atom.